The second-order valence-electron chi connectivity index (χ2n) is 4.18. The van der Waals surface area contributed by atoms with E-state index in [1.807, 2.05) is 0 Å². The summed E-state index contributed by atoms with van der Waals surface area (Å²) in [6, 6.07) is 7.76. The first kappa shape index (κ1) is 14.1. The van der Waals surface area contributed by atoms with Gasteiger partial charge in [0.1, 0.15) is 11.6 Å². The van der Waals surface area contributed by atoms with Gasteiger partial charge in [-0.05, 0) is 43.3 Å². The Balaban J connectivity index is 2.21. The van der Waals surface area contributed by atoms with Gasteiger partial charge >= 0.3 is 0 Å². The molecule has 1 aromatic heterocycles. The molecular weight excluding hydrogens is 314 g/mol. The maximum atomic E-state index is 13.8. The third-order valence-electron chi connectivity index (χ3n) is 2.89. The smallest absolute Gasteiger partial charge is 0.141 e. The van der Waals surface area contributed by atoms with Gasteiger partial charge in [-0.3, -0.25) is 4.98 Å². The van der Waals surface area contributed by atoms with Crippen molar-refractivity contribution in [3.63, 3.8) is 0 Å². The molecule has 0 aliphatic heterocycles. The van der Waals surface area contributed by atoms with E-state index in [2.05, 4.69) is 26.2 Å². The lowest BCUT2D eigenvalue weighted by atomic mass is 10.0. The molecule has 0 bridgehead atoms. The highest BCUT2D eigenvalue weighted by atomic mass is 79.9. The average Bonchev–Trinajstić information content (AvgIpc) is 2.39. The molecule has 0 fully saturated rings. The normalized spacial score (nSPS) is 12.4. The standard InChI is InChI=1S/C14H13BrF2N2/c1-18-14(13-5-4-11(16)8-19-13)6-9-2-3-10(15)7-12(9)17/h2-5,7-8,14,18H,6H2,1H3. The summed E-state index contributed by atoms with van der Waals surface area (Å²) in [7, 11) is 1.77. The third kappa shape index (κ3) is 3.58. The first-order valence-electron chi connectivity index (χ1n) is 5.83. The van der Waals surface area contributed by atoms with Gasteiger partial charge in [0, 0.05) is 4.47 Å². The lowest BCUT2D eigenvalue weighted by Gasteiger charge is -2.16. The number of rotatable bonds is 4. The maximum Gasteiger partial charge on any atom is 0.141 e. The number of nitrogens with one attached hydrogen (secondary N) is 1. The summed E-state index contributed by atoms with van der Waals surface area (Å²) in [4.78, 5) is 4.02. The molecule has 0 saturated carbocycles. The molecule has 1 heterocycles. The van der Waals surface area contributed by atoms with Crippen molar-refractivity contribution in [3.8, 4) is 0 Å². The van der Waals surface area contributed by atoms with Crippen molar-refractivity contribution in [2.45, 2.75) is 12.5 Å². The van der Waals surface area contributed by atoms with Crippen LogP contribution in [-0.4, -0.2) is 12.0 Å². The van der Waals surface area contributed by atoms with E-state index in [9.17, 15) is 8.78 Å². The molecule has 1 aromatic carbocycles. The number of pyridine rings is 1. The molecule has 0 aliphatic carbocycles. The van der Waals surface area contributed by atoms with Crippen molar-refractivity contribution >= 4 is 15.9 Å². The fraction of sp³-hybridized carbons (Fsp3) is 0.214. The molecule has 1 N–H and O–H groups in total. The monoisotopic (exact) mass is 326 g/mol. The summed E-state index contributed by atoms with van der Waals surface area (Å²) in [6.07, 6.45) is 1.62. The van der Waals surface area contributed by atoms with Gasteiger partial charge in [0.2, 0.25) is 0 Å². The minimum absolute atomic E-state index is 0.156. The number of likely N-dealkylation sites (N-methyl/N-ethyl adjacent to an activating group) is 1. The molecule has 19 heavy (non-hydrogen) atoms. The van der Waals surface area contributed by atoms with Crippen LogP contribution < -0.4 is 5.32 Å². The van der Waals surface area contributed by atoms with Gasteiger partial charge in [0.15, 0.2) is 0 Å². The third-order valence-corrected chi connectivity index (χ3v) is 3.39. The molecule has 0 saturated heterocycles. The van der Waals surface area contributed by atoms with E-state index in [0.717, 1.165) is 6.20 Å². The quantitative estimate of drug-likeness (QED) is 0.928. The van der Waals surface area contributed by atoms with Crippen LogP contribution in [0.4, 0.5) is 8.78 Å². The highest BCUT2D eigenvalue weighted by Gasteiger charge is 2.14. The van der Waals surface area contributed by atoms with Gasteiger partial charge < -0.3 is 5.32 Å². The van der Waals surface area contributed by atoms with Crippen LogP contribution in [0.25, 0.3) is 0 Å². The average molecular weight is 327 g/mol. The van der Waals surface area contributed by atoms with Crippen LogP contribution in [0.3, 0.4) is 0 Å². The van der Waals surface area contributed by atoms with E-state index in [1.54, 1.807) is 25.2 Å². The van der Waals surface area contributed by atoms with Crippen molar-refractivity contribution in [1.29, 1.82) is 0 Å². The van der Waals surface area contributed by atoms with Crippen molar-refractivity contribution < 1.29 is 8.78 Å². The zero-order valence-electron chi connectivity index (χ0n) is 10.3. The van der Waals surface area contributed by atoms with Crippen LogP contribution in [0.5, 0.6) is 0 Å². The zero-order valence-corrected chi connectivity index (χ0v) is 11.9. The molecule has 5 heteroatoms. The first-order valence-corrected chi connectivity index (χ1v) is 6.62. The second kappa shape index (κ2) is 6.21. The highest BCUT2D eigenvalue weighted by molar-refractivity contribution is 9.10. The molecule has 0 radical (unpaired) electrons. The summed E-state index contributed by atoms with van der Waals surface area (Å²) < 4.78 is 27.3. The van der Waals surface area contributed by atoms with E-state index < -0.39 is 0 Å². The summed E-state index contributed by atoms with van der Waals surface area (Å²) >= 11 is 3.22. The van der Waals surface area contributed by atoms with E-state index in [4.69, 9.17) is 0 Å². The van der Waals surface area contributed by atoms with E-state index in [1.165, 1.54) is 12.1 Å². The SMILES string of the molecule is CNC(Cc1ccc(Br)cc1F)c1ccc(F)cn1. The van der Waals surface area contributed by atoms with Crippen LogP contribution in [-0.2, 0) is 6.42 Å². The molecule has 2 aromatic rings. The van der Waals surface area contributed by atoms with Crippen molar-refractivity contribution in [2.75, 3.05) is 7.05 Å². The zero-order chi connectivity index (χ0) is 13.8. The molecule has 2 nitrogen and oxygen atoms in total. The summed E-state index contributed by atoms with van der Waals surface area (Å²) in [5, 5.41) is 3.06. The molecule has 2 rings (SSSR count). The molecular formula is C14H13BrF2N2. The predicted molar refractivity (Wildman–Crippen MR) is 73.8 cm³/mol. The lowest BCUT2D eigenvalue weighted by Crippen LogP contribution is -2.20. The van der Waals surface area contributed by atoms with Crippen molar-refractivity contribution in [2.24, 2.45) is 0 Å². The van der Waals surface area contributed by atoms with E-state index >= 15 is 0 Å². The Morgan fingerprint density at radius 3 is 2.63 bits per heavy atom. The maximum absolute atomic E-state index is 13.8. The van der Waals surface area contributed by atoms with Crippen LogP contribution in [0.15, 0.2) is 41.0 Å². The lowest BCUT2D eigenvalue weighted by molar-refractivity contribution is 0.540. The molecule has 0 amide bonds. The van der Waals surface area contributed by atoms with Gasteiger partial charge in [-0.25, -0.2) is 8.78 Å². The van der Waals surface area contributed by atoms with Gasteiger partial charge in [-0.15, -0.1) is 0 Å². The van der Waals surface area contributed by atoms with E-state index in [0.29, 0.717) is 22.2 Å². The number of hydrogen-bond acceptors (Lipinski definition) is 2. The Kier molecular flexibility index (Phi) is 4.61. The number of halogens is 3. The topological polar surface area (TPSA) is 24.9 Å². The number of benzene rings is 1. The van der Waals surface area contributed by atoms with Gasteiger partial charge in [0.05, 0.1) is 17.9 Å². The fourth-order valence-corrected chi connectivity index (χ4v) is 2.19. The van der Waals surface area contributed by atoms with Crippen molar-refractivity contribution in [1.82, 2.24) is 10.3 Å². The van der Waals surface area contributed by atoms with Gasteiger partial charge in [0.25, 0.3) is 0 Å². The van der Waals surface area contributed by atoms with Gasteiger partial charge in [-0.2, -0.15) is 0 Å². The Hall–Kier alpha value is -1.33. The molecule has 100 valence electrons. The van der Waals surface area contributed by atoms with Crippen LogP contribution in [0.1, 0.15) is 17.3 Å². The Morgan fingerprint density at radius 1 is 1.26 bits per heavy atom. The fourth-order valence-electron chi connectivity index (χ4n) is 1.86. The summed E-state index contributed by atoms with van der Waals surface area (Å²) in [6.45, 7) is 0. The number of aromatic nitrogens is 1. The Morgan fingerprint density at radius 2 is 2.05 bits per heavy atom. The Labute approximate surface area is 119 Å². The largest absolute Gasteiger partial charge is 0.311 e. The van der Waals surface area contributed by atoms with Gasteiger partial charge in [-0.1, -0.05) is 22.0 Å². The summed E-state index contributed by atoms with van der Waals surface area (Å²) in [5.74, 6) is -0.648. The number of nitrogens with zero attached hydrogens (tertiary/aromatic N) is 1. The molecule has 0 spiro atoms. The second-order valence-corrected chi connectivity index (χ2v) is 5.10. The molecule has 1 atom stereocenters. The Bertz CT molecular complexity index is 558. The van der Waals surface area contributed by atoms with Crippen LogP contribution in [0.2, 0.25) is 0 Å². The number of hydrogen-bond donors (Lipinski definition) is 1. The van der Waals surface area contributed by atoms with Crippen molar-refractivity contribution in [3.05, 3.63) is 63.9 Å². The summed E-state index contributed by atoms with van der Waals surface area (Å²) in [5.41, 5.74) is 1.28. The van der Waals surface area contributed by atoms with Crippen LogP contribution in [0, 0.1) is 11.6 Å². The first-order chi connectivity index (χ1) is 9.10. The minimum Gasteiger partial charge on any atom is -0.311 e. The molecule has 0 aliphatic rings. The molecule has 1 unspecified atom stereocenters. The highest BCUT2D eigenvalue weighted by Crippen LogP contribution is 2.21. The van der Waals surface area contributed by atoms with Crippen LogP contribution >= 0.6 is 15.9 Å². The minimum atomic E-state index is -0.381. The van der Waals surface area contributed by atoms with E-state index in [-0.39, 0.29) is 17.7 Å². The predicted octanol–water partition coefficient (Wildman–Crippen LogP) is 3.63.